The van der Waals surface area contributed by atoms with Crippen LogP contribution in [0.2, 0.25) is 0 Å². The lowest BCUT2D eigenvalue weighted by atomic mass is 10.1. The number of aliphatic carboxylic acids is 1. The Morgan fingerprint density at radius 2 is 1.83 bits per heavy atom. The van der Waals surface area contributed by atoms with Crippen molar-refractivity contribution in [3.05, 3.63) is 35.9 Å². The Kier molecular flexibility index (Phi) is 6.61. The zero-order chi connectivity index (χ0) is 13.4. The van der Waals surface area contributed by atoms with Crippen molar-refractivity contribution in [3.63, 3.8) is 0 Å². The molecule has 0 aliphatic carbocycles. The molecule has 1 N–H and O–H groups in total. The lowest BCUT2D eigenvalue weighted by molar-refractivity contribution is -0.131. The van der Waals surface area contributed by atoms with Crippen LogP contribution in [0.5, 0.6) is 0 Å². The van der Waals surface area contributed by atoms with Crippen LogP contribution < -0.4 is 4.90 Å². The van der Waals surface area contributed by atoms with E-state index in [1.807, 2.05) is 29.2 Å². The van der Waals surface area contributed by atoms with E-state index < -0.39 is 5.97 Å². The fourth-order valence-electron chi connectivity index (χ4n) is 1.63. The Bertz CT molecular complexity index is 415. The molecule has 0 radical (unpaired) electrons. The van der Waals surface area contributed by atoms with Crippen LogP contribution in [-0.2, 0) is 4.79 Å². The highest BCUT2D eigenvalue weighted by Gasteiger charge is 2.08. The van der Waals surface area contributed by atoms with Crippen molar-refractivity contribution in [3.8, 4) is 0 Å². The molecule has 1 aromatic carbocycles. The number of hydrogen-bond donors (Lipinski definition) is 1. The zero-order valence-electron chi connectivity index (χ0n) is 9.85. The summed E-state index contributed by atoms with van der Waals surface area (Å²) in [4.78, 5) is 12.6. The number of rotatable bonds is 7. The van der Waals surface area contributed by atoms with Gasteiger partial charge in [0, 0.05) is 36.6 Å². The van der Waals surface area contributed by atoms with Crippen molar-refractivity contribution in [2.75, 3.05) is 29.7 Å². The summed E-state index contributed by atoms with van der Waals surface area (Å²) in [5.41, 5.74) is 1.78. The Labute approximate surface area is 117 Å². The average molecular weight is 288 g/mol. The minimum atomic E-state index is -0.967. The molecule has 0 saturated heterocycles. The molecule has 98 valence electrons. The molecular weight excluding hydrogens is 273 g/mol. The van der Waals surface area contributed by atoms with Gasteiger partial charge in [0.1, 0.15) is 0 Å². The van der Waals surface area contributed by atoms with E-state index in [9.17, 15) is 4.79 Å². The van der Waals surface area contributed by atoms with Crippen molar-refractivity contribution in [1.29, 1.82) is 0 Å². The normalized spacial score (nSPS) is 10.8. The van der Waals surface area contributed by atoms with Crippen molar-refractivity contribution >= 4 is 40.9 Å². The van der Waals surface area contributed by atoms with E-state index in [2.05, 4.69) is 0 Å². The van der Waals surface area contributed by atoms with E-state index in [1.165, 1.54) is 0 Å². The van der Waals surface area contributed by atoms with Crippen molar-refractivity contribution in [1.82, 2.24) is 0 Å². The lowest BCUT2D eigenvalue weighted by Crippen LogP contribution is -2.28. The Hall–Kier alpha value is -1.19. The number of carboxylic acid groups (broad SMARTS) is 1. The monoisotopic (exact) mass is 287 g/mol. The molecule has 0 amide bonds. The van der Waals surface area contributed by atoms with Crippen LogP contribution >= 0.6 is 23.2 Å². The molecule has 3 nitrogen and oxygen atoms in total. The van der Waals surface area contributed by atoms with Gasteiger partial charge in [0.25, 0.3) is 0 Å². The third kappa shape index (κ3) is 4.59. The molecule has 18 heavy (non-hydrogen) atoms. The Morgan fingerprint density at radius 3 is 2.39 bits per heavy atom. The average Bonchev–Trinajstić information content (AvgIpc) is 2.36. The van der Waals surface area contributed by atoms with Gasteiger partial charge in [-0.2, -0.15) is 0 Å². The molecule has 0 bridgehead atoms. The number of anilines is 1. The second-order valence-electron chi connectivity index (χ2n) is 3.60. The lowest BCUT2D eigenvalue weighted by Gasteiger charge is -2.24. The van der Waals surface area contributed by atoms with Gasteiger partial charge < -0.3 is 10.0 Å². The van der Waals surface area contributed by atoms with Crippen LogP contribution in [0.4, 0.5) is 5.69 Å². The third-order valence-corrected chi connectivity index (χ3v) is 2.73. The van der Waals surface area contributed by atoms with Gasteiger partial charge in [0.2, 0.25) is 0 Å². The van der Waals surface area contributed by atoms with Gasteiger partial charge in [0.15, 0.2) is 0 Å². The van der Waals surface area contributed by atoms with Gasteiger partial charge in [-0.15, -0.1) is 23.2 Å². The van der Waals surface area contributed by atoms with Gasteiger partial charge in [-0.3, -0.25) is 0 Å². The first kappa shape index (κ1) is 14.9. The Morgan fingerprint density at radius 1 is 1.22 bits per heavy atom. The summed E-state index contributed by atoms with van der Waals surface area (Å²) in [6, 6.07) is 7.57. The molecule has 0 atom stereocenters. The number of carbonyl (C=O) groups is 1. The molecule has 0 heterocycles. The maximum absolute atomic E-state index is 10.6. The number of nitrogens with zero attached hydrogens (tertiary/aromatic N) is 1. The molecule has 0 aromatic heterocycles. The second kappa shape index (κ2) is 8.01. The van der Waals surface area contributed by atoms with Crippen molar-refractivity contribution in [2.24, 2.45) is 0 Å². The van der Waals surface area contributed by atoms with E-state index in [0.29, 0.717) is 24.8 Å². The minimum absolute atomic E-state index is 0.494. The van der Waals surface area contributed by atoms with Crippen LogP contribution in [0.15, 0.2) is 30.3 Å². The maximum atomic E-state index is 10.6. The smallest absolute Gasteiger partial charge is 0.328 e. The molecule has 0 unspecified atom stereocenters. The van der Waals surface area contributed by atoms with E-state index in [1.54, 1.807) is 6.08 Å². The van der Waals surface area contributed by atoms with Gasteiger partial charge in [-0.25, -0.2) is 4.79 Å². The number of para-hydroxylation sites is 1. The second-order valence-corrected chi connectivity index (χ2v) is 4.35. The summed E-state index contributed by atoms with van der Waals surface area (Å²) in [6.45, 7) is 1.35. The molecule has 0 aliphatic rings. The van der Waals surface area contributed by atoms with Crippen LogP contribution in [0, 0.1) is 0 Å². The van der Waals surface area contributed by atoms with Gasteiger partial charge in [-0.1, -0.05) is 18.2 Å². The zero-order valence-corrected chi connectivity index (χ0v) is 11.4. The summed E-state index contributed by atoms with van der Waals surface area (Å²) >= 11 is 11.5. The number of hydrogen-bond acceptors (Lipinski definition) is 2. The van der Waals surface area contributed by atoms with Gasteiger partial charge in [0.05, 0.1) is 0 Å². The standard InChI is InChI=1S/C13H15Cl2NO2/c14-7-9-16(10-8-15)12-4-2-1-3-11(12)5-6-13(17)18/h1-6H,7-10H2,(H,17,18)/b6-5+. The number of halogens is 2. The molecule has 1 rings (SSSR count). The van der Waals surface area contributed by atoms with Crippen LogP contribution in [0.3, 0.4) is 0 Å². The molecule has 0 saturated carbocycles. The quantitative estimate of drug-likeness (QED) is 0.619. The largest absolute Gasteiger partial charge is 0.478 e. The predicted octanol–water partition coefficient (Wildman–Crippen LogP) is 3.07. The molecule has 0 fully saturated rings. The summed E-state index contributed by atoms with van der Waals surface area (Å²) in [5, 5.41) is 8.67. The van der Waals surface area contributed by atoms with Gasteiger partial charge in [-0.05, 0) is 17.7 Å². The first-order valence-electron chi connectivity index (χ1n) is 5.56. The molecule has 1 aromatic rings. The summed E-state index contributed by atoms with van der Waals surface area (Å²) in [6.07, 6.45) is 2.70. The first-order chi connectivity index (χ1) is 8.69. The number of alkyl halides is 2. The van der Waals surface area contributed by atoms with Crippen LogP contribution in [0.1, 0.15) is 5.56 Å². The van der Waals surface area contributed by atoms with Gasteiger partial charge >= 0.3 is 5.97 Å². The van der Waals surface area contributed by atoms with Crippen molar-refractivity contribution in [2.45, 2.75) is 0 Å². The maximum Gasteiger partial charge on any atom is 0.328 e. The fraction of sp³-hybridized carbons (Fsp3) is 0.308. The van der Waals surface area contributed by atoms with E-state index >= 15 is 0 Å². The Balaban J connectivity index is 3.01. The van der Waals surface area contributed by atoms with E-state index in [4.69, 9.17) is 28.3 Å². The van der Waals surface area contributed by atoms with Crippen molar-refractivity contribution < 1.29 is 9.90 Å². The fourth-order valence-corrected chi connectivity index (χ4v) is 2.04. The van der Waals surface area contributed by atoms with Crippen LogP contribution in [0.25, 0.3) is 6.08 Å². The summed E-state index contributed by atoms with van der Waals surface area (Å²) < 4.78 is 0. The number of benzene rings is 1. The van der Waals surface area contributed by atoms with E-state index in [0.717, 1.165) is 17.3 Å². The van der Waals surface area contributed by atoms with Crippen LogP contribution in [-0.4, -0.2) is 35.9 Å². The van der Waals surface area contributed by atoms with E-state index in [-0.39, 0.29) is 0 Å². The summed E-state index contributed by atoms with van der Waals surface area (Å²) in [5.74, 6) is 0.0212. The minimum Gasteiger partial charge on any atom is -0.478 e. The highest BCUT2D eigenvalue weighted by Crippen LogP contribution is 2.21. The summed E-state index contributed by atoms with van der Waals surface area (Å²) in [7, 11) is 0. The SMILES string of the molecule is O=C(O)/C=C/c1ccccc1N(CCCl)CCCl. The first-order valence-corrected chi connectivity index (χ1v) is 6.63. The molecular formula is C13H15Cl2NO2. The molecule has 0 spiro atoms. The number of carboxylic acids is 1. The highest BCUT2D eigenvalue weighted by molar-refractivity contribution is 6.18. The predicted molar refractivity (Wildman–Crippen MR) is 76.8 cm³/mol. The molecule has 5 heteroatoms. The third-order valence-electron chi connectivity index (χ3n) is 2.39. The topological polar surface area (TPSA) is 40.5 Å². The molecule has 0 aliphatic heterocycles. The highest BCUT2D eigenvalue weighted by atomic mass is 35.5.